The van der Waals surface area contributed by atoms with Gasteiger partial charge in [0.1, 0.15) is 0 Å². The van der Waals surface area contributed by atoms with Crippen molar-refractivity contribution in [2.45, 2.75) is 64.6 Å². The average Bonchev–Trinajstić information content (AvgIpc) is 2.88. The number of halogens is 1. The fraction of sp³-hybridized carbons (Fsp3) is 0.581. The Labute approximate surface area is 252 Å². The minimum absolute atomic E-state index is 0.0592. The second-order valence-electron chi connectivity index (χ2n) is 13.7. The molecule has 1 aromatic rings. The van der Waals surface area contributed by atoms with Gasteiger partial charge < -0.3 is 0 Å². The summed E-state index contributed by atoms with van der Waals surface area (Å²) < 4.78 is 0. The molecule has 1 radical (unpaired) electrons. The molecule has 0 bridgehead atoms. The Balaban J connectivity index is 1.53. The molecule has 1 aliphatic heterocycles. The quantitative estimate of drug-likeness (QED) is 0.333. The fourth-order valence-electron chi connectivity index (χ4n) is 7.76. The number of aliphatic hydroxyl groups is 3. The molecule has 0 unspecified atom stereocenters. The van der Waals surface area contributed by atoms with Crippen molar-refractivity contribution in [2.75, 3.05) is 27.2 Å². The Morgan fingerprint density at radius 3 is 2.38 bits per heavy atom. The molecule has 0 spiro atoms. The van der Waals surface area contributed by atoms with Gasteiger partial charge in [0.05, 0.1) is 0 Å². The third kappa shape index (κ3) is 4.62. The number of rotatable bonds is 4. The standard InChI is InChI=1S/C31H40BClN3O6/c1-30(2,3)16-6-8-36(9-7-16)13-15-12-19(37)21-17(23(15)33)10-14-11-18-24(35(4)5)26(39)22(29(34)41)27(32)31(18,42)28(40)20(14)25(21)38/h12,14,16,18,24,37-39,42H,6-11,13H2,1-5H3,(H2,34,41)/t14-,18-,24-,31+/m0/s1. The van der Waals surface area contributed by atoms with Gasteiger partial charge in [-0.15, -0.1) is 0 Å². The maximum atomic E-state index is 14.0. The van der Waals surface area contributed by atoms with Crippen molar-refractivity contribution in [2.24, 2.45) is 28.9 Å². The van der Waals surface area contributed by atoms with Crippen LogP contribution in [0.3, 0.4) is 0 Å². The topological polar surface area (TPSA) is 148 Å². The summed E-state index contributed by atoms with van der Waals surface area (Å²) in [6.07, 6.45) is 2.52. The number of carbonyl (C=O) groups excluding carboxylic acids is 2. The van der Waals surface area contributed by atoms with Gasteiger partial charge in [0.2, 0.25) is 0 Å². The first kappa shape index (κ1) is 30.8. The van der Waals surface area contributed by atoms with Gasteiger partial charge in [-0.25, -0.2) is 0 Å². The number of ketones is 1. The Bertz CT molecular complexity index is 1440. The van der Waals surface area contributed by atoms with Crippen molar-refractivity contribution in [3.8, 4) is 5.75 Å². The zero-order valence-electron chi connectivity index (χ0n) is 24.9. The van der Waals surface area contributed by atoms with Crippen molar-refractivity contribution in [1.29, 1.82) is 0 Å². The number of phenolic OH excluding ortho intramolecular Hbond substituents is 1. The maximum absolute atomic E-state index is 14.0. The molecule has 6 N–H and O–H groups in total. The van der Waals surface area contributed by atoms with E-state index in [4.69, 9.17) is 24.8 Å². The van der Waals surface area contributed by atoms with E-state index in [1.54, 1.807) is 19.0 Å². The number of benzene rings is 1. The molecule has 1 amide bonds. The molecule has 1 aromatic carbocycles. The van der Waals surface area contributed by atoms with Crippen LogP contribution in [-0.4, -0.2) is 93.7 Å². The van der Waals surface area contributed by atoms with Crippen LogP contribution in [0.4, 0.5) is 0 Å². The molecule has 9 nitrogen and oxygen atoms in total. The second kappa shape index (κ2) is 10.5. The molecule has 3 aliphatic carbocycles. The summed E-state index contributed by atoms with van der Waals surface area (Å²) in [5.41, 5.74) is 3.54. The normalized spacial score (nSPS) is 29.1. The first-order valence-corrected chi connectivity index (χ1v) is 14.9. The van der Waals surface area contributed by atoms with Crippen molar-refractivity contribution in [1.82, 2.24) is 9.80 Å². The predicted molar refractivity (Wildman–Crippen MR) is 162 cm³/mol. The van der Waals surface area contributed by atoms with Crippen molar-refractivity contribution in [3.63, 3.8) is 0 Å². The molecule has 42 heavy (non-hydrogen) atoms. The number of aliphatic hydroxyl groups excluding tert-OH is 2. The van der Waals surface area contributed by atoms with Gasteiger partial charge in [0.15, 0.2) is 0 Å². The number of hydrogen-bond donors (Lipinski definition) is 5. The first-order chi connectivity index (χ1) is 19.5. The van der Waals surface area contributed by atoms with Crippen LogP contribution in [0, 0.1) is 23.2 Å². The van der Waals surface area contributed by atoms with Crippen molar-refractivity contribution >= 4 is 42.0 Å². The van der Waals surface area contributed by atoms with Crippen LogP contribution in [0.15, 0.2) is 23.0 Å². The summed E-state index contributed by atoms with van der Waals surface area (Å²) in [5, 5.41) is 45.9. The predicted octanol–water partition coefficient (Wildman–Crippen LogP) is 2.65. The number of nitrogens with two attached hydrogens (primary N) is 1. The van der Waals surface area contributed by atoms with Crippen LogP contribution >= 0.6 is 11.6 Å². The van der Waals surface area contributed by atoms with Gasteiger partial charge in [0, 0.05) is 0 Å². The van der Waals surface area contributed by atoms with E-state index in [1.165, 1.54) is 6.07 Å². The van der Waals surface area contributed by atoms with Crippen LogP contribution < -0.4 is 5.73 Å². The number of Topliss-reactive ketones (excluding diaryl/α,β-unsaturated/α-hetero) is 1. The van der Waals surface area contributed by atoms with E-state index in [9.17, 15) is 30.0 Å². The van der Waals surface area contributed by atoms with Crippen LogP contribution in [0.1, 0.15) is 56.7 Å². The SMILES string of the molecule is [B]=C1C(C(N)=O)=C(O)[C@@H](N(C)C)[C@@H]2C[C@@H]3Cc4c(Cl)c(CN5CCC(C(C)(C)C)CC5)cc(O)c4C(O)=C3C(=O)[C@]12O. The Morgan fingerprint density at radius 2 is 1.83 bits per heavy atom. The summed E-state index contributed by atoms with van der Waals surface area (Å²) in [4.78, 5) is 30.2. The summed E-state index contributed by atoms with van der Waals surface area (Å²) >= 11 is 6.96. The molecular weight excluding hydrogens is 557 g/mol. The van der Waals surface area contributed by atoms with Gasteiger partial charge in [-0.3, -0.25) is 0 Å². The molecule has 225 valence electrons. The molecule has 1 saturated carbocycles. The molecule has 1 heterocycles. The number of nitrogens with zero attached hydrogens (tertiary/aromatic N) is 2. The monoisotopic (exact) mass is 596 g/mol. The molecule has 4 atom stereocenters. The van der Waals surface area contributed by atoms with E-state index >= 15 is 0 Å². The Hall–Kier alpha value is -2.66. The number of carbonyl (C=O) groups is 2. The van der Waals surface area contributed by atoms with E-state index < -0.39 is 57.7 Å². The van der Waals surface area contributed by atoms with Crippen LogP contribution in [0.25, 0.3) is 5.76 Å². The zero-order valence-corrected chi connectivity index (χ0v) is 25.6. The van der Waals surface area contributed by atoms with Gasteiger partial charge in [-0.1, -0.05) is 20.8 Å². The summed E-state index contributed by atoms with van der Waals surface area (Å²) in [7, 11) is 9.50. The van der Waals surface area contributed by atoms with Crippen LogP contribution in [0.5, 0.6) is 5.75 Å². The number of hydrogen-bond acceptors (Lipinski definition) is 8. The third-order valence-corrected chi connectivity index (χ3v) is 10.5. The van der Waals surface area contributed by atoms with E-state index in [-0.39, 0.29) is 35.1 Å². The Kier molecular flexibility index (Phi) is 7.70. The summed E-state index contributed by atoms with van der Waals surface area (Å²) in [6.45, 7) is 9.18. The molecule has 4 aliphatic rings. The molecule has 5 rings (SSSR count). The summed E-state index contributed by atoms with van der Waals surface area (Å²) in [5.74, 6) is -3.93. The molecule has 0 aromatic heterocycles. The first-order valence-electron chi connectivity index (χ1n) is 14.5. The number of amides is 1. The number of likely N-dealkylation sites (N-methyl/N-ethyl adjacent to an activating group) is 1. The number of fused-ring (bicyclic) bond motifs is 3. The molecule has 2 fully saturated rings. The third-order valence-electron chi connectivity index (χ3n) is 10.0. The van der Waals surface area contributed by atoms with E-state index in [1.807, 2.05) is 0 Å². The number of phenols is 1. The van der Waals surface area contributed by atoms with Crippen LogP contribution in [-0.2, 0) is 22.6 Å². The van der Waals surface area contributed by atoms with Gasteiger partial charge >= 0.3 is 208 Å². The number of likely N-dealkylation sites (tertiary alicyclic amines) is 1. The van der Waals surface area contributed by atoms with E-state index in [0.717, 1.165) is 31.5 Å². The fourth-order valence-corrected chi connectivity index (χ4v) is 8.04. The van der Waals surface area contributed by atoms with Crippen molar-refractivity contribution in [3.05, 3.63) is 44.7 Å². The number of piperidine rings is 1. The van der Waals surface area contributed by atoms with Gasteiger partial charge in [-0.05, 0) is 24.2 Å². The second-order valence-corrected chi connectivity index (χ2v) is 14.1. The number of primary amides is 1. The van der Waals surface area contributed by atoms with Crippen molar-refractivity contribution < 1.29 is 30.0 Å². The zero-order chi connectivity index (χ0) is 31.0. The van der Waals surface area contributed by atoms with Gasteiger partial charge in [0.25, 0.3) is 0 Å². The molecule has 1 saturated heterocycles. The van der Waals surface area contributed by atoms with E-state index in [2.05, 4.69) is 25.7 Å². The summed E-state index contributed by atoms with van der Waals surface area (Å²) in [6, 6.07) is 0.596. The van der Waals surface area contributed by atoms with Crippen LogP contribution in [0.2, 0.25) is 5.02 Å². The van der Waals surface area contributed by atoms with E-state index in [0.29, 0.717) is 23.0 Å². The minimum atomic E-state index is -2.40. The van der Waals surface area contributed by atoms with Gasteiger partial charge in [-0.2, -0.15) is 0 Å². The molecule has 11 heteroatoms. The Morgan fingerprint density at radius 1 is 1.21 bits per heavy atom. The average molecular weight is 597 g/mol. The number of aromatic hydroxyl groups is 1. The molecular formula is C31H40BClN3O6.